The molecule has 1 aromatic rings. The molecule has 0 spiro atoms. The quantitative estimate of drug-likeness (QED) is 0.865. The fraction of sp³-hybridized carbons (Fsp3) is 0.571. The Bertz CT molecular complexity index is 435. The molecule has 106 valence electrons. The second kappa shape index (κ2) is 5.77. The topological polar surface area (TPSA) is 62.2 Å². The summed E-state index contributed by atoms with van der Waals surface area (Å²) in [5.41, 5.74) is 0.916. The molecule has 2 unspecified atom stereocenters. The Balaban J connectivity index is 2.28. The van der Waals surface area contributed by atoms with Gasteiger partial charge in [-0.05, 0) is 31.5 Å². The van der Waals surface area contributed by atoms with Crippen LogP contribution in [0.5, 0.6) is 11.5 Å². The number of ether oxygens (including phenoxy) is 2. The van der Waals surface area contributed by atoms with Gasteiger partial charge in [-0.15, -0.1) is 0 Å². The highest BCUT2D eigenvalue weighted by Gasteiger charge is 2.35. The highest BCUT2D eigenvalue weighted by Crippen LogP contribution is 2.36. The summed E-state index contributed by atoms with van der Waals surface area (Å²) in [4.78, 5) is 2.17. The van der Waals surface area contributed by atoms with E-state index in [-0.39, 0.29) is 24.7 Å². The van der Waals surface area contributed by atoms with E-state index in [0.717, 1.165) is 5.56 Å². The smallest absolute Gasteiger partial charge is 0.160 e. The number of hydrogen-bond acceptors (Lipinski definition) is 5. The van der Waals surface area contributed by atoms with E-state index in [1.54, 1.807) is 12.1 Å². The molecule has 1 aromatic carbocycles. The van der Waals surface area contributed by atoms with Crippen molar-refractivity contribution in [1.82, 2.24) is 4.90 Å². The second-order valence-electron chi connectivity index (χ2n) is 5.01. The summed E-state index contributed by atoms with van der Waals surface area (Å²) in [6.07, 6.45) is -0.390. The molecule has 0 aromatic heterocycles. The van der Waals surface area contributed by atoms with Crippen LogP contribution in [0.1, 0.15) is 25.6 Å². The van der Waals surface area contributed by atoms with Crippen LogP contribution in [-0.2, 0) is 4.74 Å². The van der Waals surface area contributed by atoms with Crippen LogP contribution >= 0.6 is 0 Å². The average Bonchev–Trinajstić information content (AvgIpc) is 2.83. The van der Waals surface area contributed by atoms with Crippen molar-refractivity contribution < 1.29 is 19.7 Å². The number of hydrogen-bond donors (Lipinski definition) is 2. The van der Waals surface area contributed by atoms with Gasteiger partial charge in [0.15, 0.2) is 11.5 Å². The van der Waals surface area contributed by atoms with E-state index >= 15 is 0 Å². The Kier molecular flexibility index (Phi) is 4.29. The number of aromatic hydroxyl groups is 1. The summed E-state index contributed by atoms with van der Waals surface area (Å²) in [7, 11) is 1.52. The predicted octanol–water partition coefficient (Wildman–Crippen LogP) is 1.50. The van der Waals surface area contributed by atoms with Crippen molar-refractivity contribution in [2.24, 2.45) is 0 Å². The third kappa shape index (κ3) is 2.83. The Hall–Kier alpha value is -1.30. The summed E-state index contributed by atoms with van der Waals surface area (Å²) in [6.45, 7) is 4.89. The third-order valence-electron chi connectivity index (χ3n) is 3.39. The monoisotopic (exact) mass is 267 g/mol. The molecule has 2 N–H and O–H groups in total. The molecule has 0 amide bonds. The van der Waals surface area contributed by atoms with Gasteiger partial charge in [-0.3, -0.25) is 4.90 Å². The Morgan fingerprint density at radius 2 is 2.21 bits per heavy atom. The minimum atomic E-state index is -0.216. The van der Waals surface area contributed by atoms with E-state index in [1.807, 2.05) is 6.07 Å². The van der Waals surface area contributed by atoms with Gasteiger partial charge in [-0.25, -0.2) is 0 Å². The van der Waals surface area contributed by atoms with E-state index in [2.05, 4.69) is 18.7 Å². The van der Waals surface area contributed by atoms with E-state index in [4.69, 9.17) is 9.47 Å². The zero-order valence-electron chi connectivity index (χ0n) is 11.5. The molecule has 0 saturated carbocycles. The summed E-state index contributed by atoms with van der Waals surface area (Å²) >= 11 is 0. The first-order chi connectivity index (χ1) is 9.06. The standard InChI is InChI=1S/C14H21NO4/c1-9(2)15-7-11(8-16)19-14(15)10-4-5-12(17)13(6-10)18-3/h4-6,9,11,14,16-17H,7-8H2,1-3H3. The number of benzene rings is 1. The van der Waals surface area contributed by atoms with E-state index in [0.29, 0.717) is 18.3 Å². The molecular formula is C14H21NO4. The average molecular weight is 267 g/mol. The van der Waals surface area contributed by atoms with Crippen LogP contribution in [0.15, 0.2) is 18.2 Å². The van der Waals surface area contributed by atoms with Crippen molar-refractivity contribution in [1.29, 1.82) is 0 Å². The molecule has 1 heterocycles. The van der Waals surface area contributed by atoms with Crippen molar-refractivity contribution in [3.05, 3.63) is 23.8 Å². The molecule has 0 radical (unpaired) electrons. The fourth-order valence-corrected chi connectivity index (χ4v) is 2.33. The molecule has 1 aliphatic heterocycles. The van der Waals surface area contributed by atoms with Crippen LogP contribution in [0.3, 0.4) is 0 Å². The van der Waals surface area contributed by atoms with Crippen molar-refractivity contribution in [3.63, 3.8) is 0 Å². The molecule has 5 nitrogen and oxygen atoms in total. The minimum absolute atomic E-state index is 0.00887. The zero-order chi connectivity index (χ0) is 14.0. The summed E-state index contributed by atoms with van der Waals surface area (Å²) in [6, 6.07) is 5.50. The number of aliphatic hydroxyl groups is 1. The number of phenols is 1. The maximum absolute atomic E-state index is 9.63. The number of aliphatic hydroxyl groups excluding tert-OH is 1. The molecule has 0 aliphatic carbocycles. The van der Waals surface area contributed by atoms with Crippen LogP contribution in [0.2, 0.25) is 0 Å². The molecule has 1 fully saturated rings. The van der Waals surface area contributed by atoms with Crippen LogP contribution in [-0.4, -0.2) is 47.5 Å². The molecule has 2 rings (SSSR count). The lowest BCUT2D eigenvalue weighted by Crippen LogP contribution is -2.32. The number of nitrogens with zero attached hydrogens (tertiary/aromatic N) is 1. The van der Waals surface area contributed by atoms with Crippen LogP contribution in [0, 0.1) is 0 Å². The van der Waals surface area contributed by atoms with Crippen molar-refractivity contribution in [2.75, 3.05) is 20.3 Å². The highest BCUT2D eigenvalue weighted by molar-refractivity contribution is 5.42. The van der Waals surface area contributed by atoms with Gasteiger partial charge in [0.05, 0.1) is 19.8 Å². The van der Waals surface area contributed by atoms with Gasteiger partial charge < -0.3 is 19.7 Å². The van der Waals surface area contributed by atoms with E-state index in [9.17, 15) is 10.2 Å². The number of phenolic OH excluding ortho intramolecular Hbond substituents is 1. The van der Waals surface area contributed by atoms with Crippen LogP contribution < -0.4 is 4.74 Å². The zero-order valence-corrected chi connectivity index (χ0v) is 11.5. The maximum Gasteiger partial charge on any atom is 0.160 e. The Morgan fingerprint density at radius 1 is 1.47 bits per heavy atom. The van der Waals surface area contributed by atoms with Crippen LogP contribution in [0.4, 0.5) is 0 Å². The highest BCUT2D eigenvalue weighted by atomic mass is 16.5. The largest absolute Gasteiger partial charge is 0.504 e. The lowest BCUT2D eigenvalue weighted by atomic mass is 10.1. The van der Waals surface area contributed by atoms with Gasteiger partial charge in [-0.1, -0.05) is 6.07 Å². The first-order valence-electron chi connectivity index (χ1n) is 6.45. The Labute approximate surface area is 113 Å². The maximum atomic E-state index is 9.63. The predicted molar refractivity (Wildman–Crippen MR) is 71.2 cm³/mol. The fourth-order valence-electron chi connectivity index (χ4n) is 2.33. The van der Waals surface area contributed by atoms with Gasteiger partial charge in [0.2, 0.25) is 0 Å². The normalized spacial score (nSPS) is 24.1. The Morgan fingerprint density at radius 3 is 2.79 bits per heavy atom. The van der Waals surface area contributed by atoms with E-state index in [1.165, 1.54) is 7.11 Å². The molecule has 0 bridgehead atoms. The van der Waals surface area contributed by atoms with Crippen molar-refractivity contribution in [2.45, 2.75) is 32.2 Å². The minimum Gasteiger partial charge on any atom is -0.504 e. The van der Waals surface area contributed by atoms with E-state index < -0.39 is 0 Å². The molecule has 2 atom stereocenters. The van der Waals surface area contributed by atoms with Gasteiger partial charge >= 0.3 is 0 Å². The first kappa shape index (κ1) is 14.1. The van der Waals surface area contributed by atoms with Gasteiger partial charge in [0.25, 0.3) is 0 Å². The molecular weight excluding hydrogens is 246 g/mol. The molecule has 1 aliphatic rings. The lowest BCUT2D eigenvalue weighted by molar-refractivity contribution is -0.0267. The van der Waals surface area contributed by atoms with Crippen molar-refractivity contribution >= 4 is 0 Å². The van der Waals surface area contributed by atoms with Gasteiger partial charge in [0, 0.05) is 12.6 Å². The third-order valence-corrected chi connectivity index (χ3v) is 3.39. The van der Waals surface area contributed by atoms with Gasteiger partial charge in [0.1, 0.15) is 6.23 Å². The van der Waals surface area contributed by atoms with Gasteiger partial charge in [-0.2, -0.15) is 0 Å². The first-order valence-corrected chi connectivity index (χ1v) is 6.45. The summed E-state index contributed by atoms with van der Waals surface area (Å²) in [5, 5.41) is 18.9. The second-order valence-corrected chi connectivity index (χ2v) is 5.01. The van der Waals surface area contributed by atoms with Crippen molar-refractivity contribution in [3.8, 4) is 11.5 Å². The SMILES string of the molecule is COc1cc(C2OC(CO)CN2C(C)C)ccc1O. The molecule has 1 saturated heterocycles. The summed E-state index contributed by atoms with van der Waals surface area (Å²) < 4.78 is 11.0. The molecule has 19 heavy (non-hydrogen) atoms. The van der Waals surface area contributed by atoms with Crippen LogP contribution in [0.25, 0.3) is 0 Å². The molecule has 5 heteroatoms. The number of rotatable bonds is 4. The number of methoxy groups -OCH3 is 1. The lowest BCUT2D eigenvalue weighted by Gasteiger charge is -2.26. The summed E-state index contributed by atoms with van der Waals surface area (Å²) in [5.74, 6) is 0.538.